The Bertz CT molecular complexity index is 425. The van der Waals surface area contributed by atoms with Crippen molar-refractivity contribution < 1.29 is 9.84 Å². The van der Waals surface area contributed by atoms with Crippen LogP contribution in [0.4, 0.5) is 0 Å². The van der Waals surface area contributed by atoms with Crippen LogP contribution in [0.25, 0.3) is 0 Å². The molecule has 2 rings (SSSR count). The highest BCUT2D eigenvalue weighted by atomic mass is 35.5. The first-order valence-corrected chi connectivity index (χ1v) is 6.86. The average molecular weight is 289 g/mol. The van der Waals surface area contributed by atoms with E-state index in [-0.39, 0.29) is 5.60 Å². The van der Waals surface area contributed by atoms with Crippen LogP contribution in [0, 0.1) is 0 Å². The van der Waals surface area contributed by atoms with E-state index in [2.05, 4.69) is 0 Å². The monoisotopic (exact) mass is 288 g/mol. The predicted molar refractivity (Wildman–Crippen MR) is 74.4 cm³/mol. The topological polar surface area (TPSA) is 29.5 Å². The van der Waals surface area contributed by atoms with Crippen molar-refractivity contribution in [1.82, 2.24) is 0 Å². The highest BCUT2D eigenvalue weighted by Crippen LogP contribution is 2.37. The highest BCUT2D eigenvalue weighted by Gasteiger charge is 2.40. The fourth-order valence-electron chi connectivity index (χ4n) is 2.63. The zero-order chi connectivity index (χ0) is 13.4. The van der Waals surface area contributed by atoms with Crippen LogP contribution < -0.4 is 0 Å². The van der Waals surface area contributed by atoms with E-state index in [0.717, 1.165) is 5.56 Å². The second-order valence-electron chi connectivity index (χ2n) is 5.64. The van der Waals surface area contributed by atoms with Gasteiger partial charge in [-0.3, -0.25) is 0 Å². The predicted octanol–water partition coefficient (Wildman–Crippen LogP) is 3.86. The van der Waals surface area contributed by atoms with Crippen LogP contribution in [0.3, 0.4) is 0 Å². The molecule has 1 aromatic carbocycles. The van der Waals surface area contributed by atoms with E-state index in [0.29, 0.717) is 35.9 Å². The molecule has 1 saturated heterocycles. The number of benzene rings is 1. The summed E-state index contributed by atoms with van der Waals surface area (Å²) in [6.07, 6.45) is 1.66. The molecule has 0 amide bonds. The van der Waals surface area contributed by atoms with E-state index in [1.165, 1.54) is 0 Å². The van der Waals surface area contributed by atoms with Crippen LogP contribution in [0.1, 0.15) is 32.3 Å². The van der Waals surface area contributed by atoms with Crippen molar-refractivity contribution in [2.75, 3.05) is 6.61 Å². The molecule has 100 valence electrons. The molecule has 1 atom stereocenters. The Morgan fingerprint density at radius 3 is 2.44 bits per heavy atom. The Labute approximate surface area is 118 Å². The maximum absolute atomic E-state index is 10.7. The van der Waals surface area contributed by atoms with E-state index in [1.807, 2.05) is 19.9 Å². The molecule has 1 fully saturated rings. The first-order chi connectivity index (χ1) is 8.31. The molecule has 1 heterocycles. The van der Waals surface area contributed by atoms with Crippen molar-refractivity contribution in [3.8, 4) is 0 Å². The summed E-state index contributed by atoms with van der Waals surface area (Å²) in [5.74, 6) is 0. The quantitative estimate of drug-likeness (QED) is 0.896. The Morgan fingerprint density at radius 2 is 1.89 bits per heavy atom. The zero-order valence-corrected chi connectivity index (χ0v) is 12.2. The van der Waals surface area contributed by atoms with Gasteiger partial charge in [0.1, 0.15) is 0 Å². The Hall–Kier alpha value is -0.280. The Kier molecular flexibility index (Phi) is 3.93. The lowest BCUT2D eigenvalue weighted by atomic mass is 9.80. The Morgan fingerprint density at radius 1 is 1.28 bits per heavy atom. The van der Waals surface area contributed by atoms with Gasteiger partial charge >= 0.3 is 0 Å². The standard InChI is InChI=1S/C14H18Cl2O2/c1-13(2)9-14(17,6-7-18-13)8-10-11(15)4-3-5-12(10)16/h3-5,17H,6-9H2,1-2H3. The van der Waals surface area contributed by atoms with E-state index < -0.39 is 5.60 Å². The summed E-state index contributed by atoms with van der Waals surface area (Å²) in [4.78, 5) is 0. The van der Waals surface area contributed by atoms with Gasteiger partial charge in [-0.05, 0) is 38.0 Å². The van der Waals surface area contributed by atoms with Crippen molar-refractivity contribution in [3.63, 3.8) is 0 Å². The molecule has 1 aromatic rings. The third-order valence-corrected chi connectivity index (χ3v) is 4.09. The molecule has 18 heavy (non-hydrogen) atoms. The largest absolute Gasteiger partial charge is 0.389 e. The molecule has 4 heteroatoms. The summed E-state index contributed by atoms with van der Waals surface area (Å²) >= 11 is 12.3. The van der Waals surface area contributed by atoms with Gasteiger partial charge in [0.15, 0.2) is 0 Å². The molecule has 1 aliphatic heterocycles. The molecule has 0 saturated carbocycles. The van der Waals surface area contributed by atoms with E-state index >= 15 is 0 Å². The highest BCUT2D eigenvalue weighted by molar-refractivity contribution is 6.36. The summed E-state index contributed by atoms with van der Waals surface area (Å²) in [5.41, 5.74) is -0.280. The van der Waals surface area contributed by atoms with Crippen molar-refractivity contribution in [1.29, 1.82) is 0 Å². The smallest absolute Gasteiger partial charge is 0.0738 e. The molecule has 0 spiro atoms. The van der Waals surface area contributed by atoms with Gasteiger partial charge in [-0.15, -0.1) is 0 Å². The molecule has 0 radical (unpaired) electrons. The lowest BCUT2D eigenvalue weighted by Crippen LogP contribution is -2.47. The summed E-state index contributed by atoms with van der Waals surface area (Å²) in [7, 11) is 0. The van der Waals surface area contributed by atoms with Gasteiger partial charge in [0.05, 0.1) is 17.8 Å². The van der Waals surface area contributed by atoms with Gasteiger partial charge in [-0.25, -0.2) is 0 Å². The van der Waals surface area contributed by atoms with Gasteiger partial charge in [0.2, 0.25) is 0 Å². The minimum atomic E-state index is -0.795. The number of hydrogen-bond donors (Lipinski definition) is 1. The van der Waals surface area contributed by atoms with E-state index in [4.69, 9.17) is 27.9 Å². The third kappa shape index (κ3) is 3.18. The molecule has 0 aliphatic carbocycles. The van der Waals surface area contributed by atoms with E-state index in [9.17, 15) is 5.11 Å². The lowest BCUT2D eigenvalue weighted by Gasteiger charge is -2.41. The van der Waals surface area contributed by atoms with Crippen LogP contribution in [0.15, 0.2) is 18.2 Å². The summed E-state index contributed by atoms with van der Waals surface area (Å²) < 4.78 is 5.63. The number of aliphatic hydroxyl groups is 1. The maximum Gasteiger partial charge on any atom is 0.0738 e. The van der Waals surface area contributed by atoms with Crippen molar-refractivity contribution in [2.45, 2.75) is 44.3 Å². The molecule has 2 nitrogen and oxygen atoms in total. The molecule has 1 aliphatic rings. The SMILES string of the molecule is CC1(C)CC(O)(Cc2c(Cl)cccc2Cl)CCO1. The number of rotatable bonds is 2. The fraction of sp³-hybridized carbons (Fsp3) is 0.571. The molecule has 0 bridgehead atoms. The summed E-state index contributed by atoms with van der Waals surface area (Å²) in [6, 6.07) is 5.42. The van der Waals surface area contributed by atoms with Crippen molar-refractivity contribution in [2.24, 2.45) is 0 Å². The number of halogens is 2. The Balaban J connectivity index is 2.22. The minimum absolute atomic E-state index is 0.305. The van der Waals surface area contributed by atoms with Crippen molar-refractivity contribution >= 4 is 23.2 Å². The van der Waals surface area contributed by atoms with Crippen LogP contribution in [0.5, 0.6) is 0 Å². The first kappa shape index (κ1) is 14.1. The van der Waals surface area contributed by atoms with Crippen LogP contribution in [0.2, 0.25) is 10.0 Å². The van der Waals surface area contributed by atoms with Crippen molar-refractivity contribution in [3.05, 3.63) is 33.8 Å². The molecule has 1 unspecified atom stereocenters. The van der Waals surface area contributed by atoms with Gasteiger partial charge in [-0.2, -0.15) is 0 Å². The molecular weight excluding hydrogens is 271 g/mol. The first-order valence-electron chi connectivity index (χ1n) is 6.11. The summed E-state index contributed by atoms with van der Waals surface area (Å²) in [6.45, 7) is 4.54. The fourth-order valence-corrected chi connectivity index (χ4v) is 3.16. The maximum atomic E-state index is 10.7. The summed E-state index contributed by atoms with van der Waals surface area (Å²) in [5, 5.41) is 11.9. The van der Waals surface area contributed by atoms with Gasteiger partial charge < -0.3 is 9.84 Å². The minimum Gasteiger partial charge on any atom is -0.389 e. The lowest BCUT2D eigenvalue weighted by molar-refractivity contribution is -0.143. The normalized spacial score (nSPS) is 27.2. The van der Waals surface area contributed by atoms with Crippen LogP contribution in [-0.2, 0) is 11.2 Å². The van der Waals surface area contributed by atoms with Crippen LogP contribution >= 0.6 is 23.2 Å². The number of hydrogen-bond acceptors (Lipinski definition) is 2. The van der Waals surface area contributed by atoms with Gasteiger partial charge in [-0.1, -0.05) is 29.3 Å². The second kappa shape index (κ2) is 5.01. The molecule has 1 N–H and O–H groups in total. The van der Waals surface area contributed by atoms with Crippen LogP contribution in [-0.4, -0.2) is 22.9 Å². The third-order valence-electron chi connectivity index (χ3n) is 3.38. The number of ether oxygens (including phenoxy) is 1. The average Bonchev–Trinajstić information content (AvgIpc) is 2.22. The van der Waals surface area contributed by atoms with E-state index in [1.54, 1.807) is 12.1 Å². The van der Waals surface area contributed by atoms with Gasteiger partial charge in [0.25, 0.3) is 0 Å². The molecular formula is C14H18Cl2O2. The second-order valence-corrected chi connectivity index (χ2v) is 6.45. The molecule has 0 aromatic heterocycles. The zero-order valence-electron chi connectivity index (χ0n) is 10.7. The van der Waals surface area contributed by atoms with Gasteiger partial charge in [0, 0.05) is 22.9 Å².